The molecule has 2 aromatic heterocycles. The third-order valence-electron chi connectivity index (χ3n) is 3.19. The monoisotopic (exact) mass is 311 g/mol. The van der Waals surface area contributed by atoms with Crippen molar-refractivity contribution in [3.63, 3.8) is 0 Å². The zero-order valence-electron chi connectivity index (χ0n) is 9.40. The van der Waals surface area contributed by atoms with Crippen molar-refractivity contribution in [3.05, 3.63) is 28.5 Å². The van der Waals surface area contributed by atoms with Crippen LogP contribution in [0, 0.1) is 0 Å². The van der Waals surface area contributed by atoms with Crippen LogP contribution in [0.2, 0.25) is 0 Å². The second kappa shape index (κ2) is 4.53. The van der Waals surface area contributed by atoms with Gasteiger partial charge in [0.25, 0.3) is 0 Å². The zero-order chi connectivity index (χ0) is 11.8. The van der Waals surface area contributed by atoms with Gasteiger partial charge in [-0.25, -0.2) is 4.98 Å². The lowest BCUT2D eigenvalue weighted by atomic mass is 10.0. The number of rotatable bonds is 1. The number of nitrogens with zero attached hydrogens (tertiary/aromatic N) is 2. The van der Waals surface area contributed by atoms with Crippen molar-refractivity contribution in [1.82, 2.24) is 9.38 Å². The molecule has 1 fully saturated rings. The summed E-state index contributed by atoms with van der Waals surface area (Å²) >= 11 is 5.47. The lowest BCUT2D eigenvalue weighted by Crippen LogP contribution is -2.11. The largest absolute Gasteiger partial charge is 0.383 e. The molecule has 1 unspecified atom stereocenters. The highest BCUT2D eigenvalue weighted by Crippen LogP contribution is 2.34. The molecule has 3 nitrogen and oxygen atoms in total. The van der Waals surface area contributed by atoms with Crippen LogP contribution in [0.5, 0.6) is 0 Å². The quantitative estimate of drug-likeness (QED) is 0.879. The molecule has 0 saturated carbocycles. The Hall–Kier alpha value is -0.680. The number of thioether (sulfide) groups is 1. The summed E-state index contributed by atoms with van der Waals surface area (Å²) in [6.07, 6.45) is 4.46. The maximum Gasteiger partial charge on any atom is 0.138 e. The number of pyridine rings is 1. The molecule has 2 N–H and O–H groups in total. The number of nitrogen functional groups attached to an aromatic ring is 1. The summed E-state index contributed by atoms with van der Waals surface area (Å²) in [6, 6.07) is 4.00. The molecular weight excluding hydrogens is 298 g/mol. The van der Waals surface area contributed by atoms with E-state index in [4.69, 9.17) is 5.73 Å². The van der Waals surface area contributed by atoms with Crippen LogP contribution in [0.1, 0.15) is 24.5 Å². The van der Waals surface area contributed by atoms with Gasteiger partial charge in [-0.3, -0.25) is 4.40 Å². The Morgan fingerprint density at radius 3 is 3.12 bits per heavy atom. The van der Waals surface area contributed by atoms with Crippen LogP contribution in [0.15, 0.2) is 22.8 Å². The Morgan fingerprint density at radius 2 is 2.35 bits per heavy atom. The van der Waals surface area contributed by atoms with Gasteiger partial charge in [0.05, 0.1) is 5.69 Å². The normalized spacial score (nSPS) is 20.9. The second-order valence-corrected chi connectivity index (χ2v) is 6.44. The Kier molecular flexibility index (Phi) is 3.04. The molecule has 0 spiro atoms. The van der Waals surface area contributed by atoms with Crippen LogP contribution >= 0.6 is 27.7 Å². The summed E-state index contributed by atoms with van der Waals surface area (Å²) in [5.41, 5.74) is 8.23. The Labute approximate surface area is 113 Å². The fraction of sp³-hybridized carbons (Fsp3) is 0.417. The van der Waals surface area contributed by atoms with Gasteiger partial charge in [-0.1, -0.05) is 0 Å². The molecule has 1 aliphatic rings. The van der Waals surface area contributed by atoms with E-state index >= 15 is 0 Å². The first-order chi connectivity index (χ1) is 8.25. The highest BCUT2D eigenvalue weighted by atomic mass is 79.9. The van der Waals surface area contributed by atoms with Crippen molar-refractivity contribution in [1.29, 1.82) is 0 Å². The summed E-state index contributed by atoms with van der Waals surface area (Å²) in [6.45, 7) is 0. The van der Waals surface area contributed by atoms with Crippen LogP contribution < -0.4 is 5.73 Å². The van der Waals surface area contributed by atoms with E-state index in [1.807, 2.05) is 34.5 Å². The highest BCUT2D eigenvalue weighted by Gasteiger charge is 2.22. The van der Waals surface area contributed by atoms with Gasteiger partial charge in [0.15, 0.2) is 0 Å². The minimum absolute atomic E-state index is 0.521. The predicted molar refractivity (Wildman–Crippen MR) is 76.6 cm³/mol. The van der Waals surface area contributed by atoms with Gasteiger partial charge in [0.2, 0.25) is 0 Å². The molecular formula is C12H14BrN3S. The summed E-state index contributed by atoms with van der Waals surface area (Å²) in [7, 11) is 0. The molecule has 17 heavy (non-hydrogen) atoms. The Bertz CT molecular complexity index is 546. The molecule has 3 rings (SSSR count). The van der Waals surface area contributed by atoms with Gasteiger partial charge in [-0.15, -0.1) is 0 Å². The zero-order valence-corrected chi connectivity index (χ0v) is 11.8. The van der Waals surface area contributed by atoms with Gasteiger partial charge in [0, 0.05) is 22.3 Å². The minimum atomic E-state index is 0.521. The summed E-state index contributed by atoms with van der Waals surface area (Å²) in [5, 5.41) is 0. The van der Waals surface area contributed by atoms with Gasteiger partial charge in [-0.05, 0) is 46.7 Å². The molecule has 0 aliphatic carbocycles. The van der Waals surface area contributed by atoms with Crippen LogP contribution in [-0.4, -0.2) is 20.9 Å². The first-order valence-electron chi connectivity index (χ1n) is 5.76. The number of anilines is 1. The lowest BCUT2D eigenvalue weighted by Gasteiger charge is -2.19. The number of hydrogen-bond acceptors (Lipinski definition) is 3. The SMILES string of the molecule is Nc1c(C2CCCSC2)nc2ccc(Br)cn12. The van der Waals surface area contributed by atoms with E-state index in [2.05, 4.69) is 20.9 Å². The van der Waals surface area contributed by atoms with E-state index in [-0.39, 0.29) is 0 Å². The molecule has 0 aromatic carbocycles. The number of halogens is 1. The van der Waals surface area contributed by atoms with Crippen LogP contribution in [0.3, 0.4) is 0 Å². The number of nitrogens with two attached hydrogens (primary N) is 1. The third-order valence-corrected chi connectivity index (χ3v) is 4.88. The first-order valence-corrected chi connectivity index (χ1v) is 7.71. The molecule has 5 heteroatoms. The first kappa shape index (κ1) is 11.4. The van der Waals surface area contributed by atoms with Crippen LogP contribution in [0.4, 0.5) is 5.82 Å². The smallest absolute Gasteiger partial charge is 0.138 e. The molecule has 0 radical (unpaired) electrons. The molecule has 90 valence electrons. The van der Waals surface area contributed by atoms with Crippen molar-refractivity contribution in [2.75, 3.05) is 17.2 Å². The number of imidazole rings is 1. The van der Waals surface area contributed by atoms with Crippen molar-refractivity contribution >= 4 is 39.2 Å². The Balaban J connectivity index is 2.07. The fourth-order valence-corrected chi connectivity index (χ4v) is 3.80. The van der Waals surface area contributed by atoms with E-state index in [1.54, 1.807) is 0 Å². The van der Waals surface area contributed by atoms with Crippen LogP contribution in [-0.2, 0) is 0 Å². The predicted octanol–water partition coefficient (Wildman–Crippen LogP) is 3.29. The lowest BCUT2D eigenvalue weighted by molar-refractivity contribution is 0.649. The van der Waals surface area contributed by atoms with Crippen molar-refractivity contribution in [2.45, 2.75) is 18.8 Å². The number of aromatic nitrogens is 2. The molecule has 1 aliphatic heterocycles. The van der Waals surface area contributed by atoms with E-state index in [0.717, 1.165) is 27.4 Å². The van der Waals surface area contributed by atoms with Gasteiger partial charge >= 0.3 is 0 Å². The maximum absolute atomic E-state index is 6.21. The molecule has 0 bridgehead atoms. The standard InChI is InChI=1S/C12H14BrN3S/c13-9-3-4-10-15-11(12(14)16(10)6-9)8-2-1-5-17-7-8/h3-4,6,8H,1-2,5,7,14H2. The van der Waals surface area contributed by atoms with E-state index in [0.29, 0.717) is 5.92 Å². The van der Waals surface area contributed by atoms with Crippen molar-refractivity contribution < 1.29 is 0 Å². The number of fused-ring (bicyclic) bond motifs is 1. The second-order valence-electron chi connectivity index (χ2n) is 4.37. The fourth-order valence-electron chi connectivity index (χ4n) is 2.31. The third kappa shape index (κ3) is 2.06. The molecule has 0 amide bonds. The summed E-state index contributed by atoms with van der Waals surface area (Å²) < 4.78 is 3.00. The van der Waals surface area contributed by atoms with Gasteiger partial charge < -0.3 is 5.73 Å². The van der Waals surface area contributed by atoms with Gasteiger partial charge in [0.1, 0.15) is 11.5 Å². The molecule has 1 atom stereocenters. The average molecular weight is 312 g/mol. The Morgan fingerprint density at radius 1 is 1.47 bits per heavy atom. The van der Waals surface area contributed by atoms with Gasteiger partial charge in [-0.2, -0.15) is 11.8 Å². The van der Waals surface area contributed by atoms with E-state index in [1.165, 1.54) is 18.6 Å². The molecule has 3 heterocycles. The van der Waals surface area contributed by atoms with E-state index in [9.17, 15) is 0 Å². The van der Waals surface area contributed by atoms with Crippen molar-refractivity contribution in [2.24, 2.45) is 0 Å². The minimum Gasteiger partial charge on any atom is -0.383 e. The van der Waals surface area contributed by atoms with Crippen molar-refractivity contribution in [3.8, 4) is 0 Å². The average Bonchev–Trinajstić information content (AvgIpc) is 2.68. The highest BCUT2D eigenvalue weighted by molar-refractivity contribution is 9.10. The summed E-state index contributed by atoms with van der Waals surface area (Å²) in [5.74, 6) is 3.74. The molecule has 1 saturated heterocycles. The molecule has 2 aromatic rings. The van der Waals surface area contributed by atoms with E-state index < -0.39 is 0 Å². The van der Waals surface area contributed by atoms with Crippen LogP contribution in [0.25, 0.3) is 5.65 Å². The topological polar surface area (TPSA) is 43.3 Å². The maximum atomic E-state index is 6.21. The summed E-state index contributed by atoms with van der Waals surface area (Å²) in [4.78, 5) is 4.68. The number of hydrogen-bond donors (Lipinski definition) is 1.